The molecule has 90 valence electrons. The summed E-state index contributed by atoms with van der Waals surface area (Å²) in [4.78, 5) is 12.5. The van der Waals surface area contributed by atoms with E-state index in [1.54, 1.807) is 6.26 Å². The molecular weight excluding hydrogens is 310 g/mol. The highest BCUT2D eigenvalue weighted by molar-refractivity contribution is 9.11. The number of rotatable bonds is 4. The molecular formula is C10H14BrNO2S2. The quantitative estimate of drug-likeness (QED) is 0.924. The van der Waals surface area contributed by atoms with Crippen molar-refractivity contribution in [2.75, 3.05) is 12.0 Å². The summed E-state index contributed by atoms with van der Waals surface area (Å²) in [6.07, 6.45) is 1.63. The zero-order chi connectivity index (χ0) is 12.3. The molecule has 1 rings (SSSR count). The van der Waals surface area contributed by atoms with Gasteiger partial charge in [0.25, 0.3) is 5.91 Å². The SMILES string of the molecule is Cc1cc(C(=O)NC(C)CS(C)=O)sc1Br. The molecule has 1 aromatic rings. The van der Waals surface area contributed by atoms with Crippen molar-refractivity contribution in [1.82, 2.24) is 5.32 Å². The molecule has 0 bridgehead atoms. The van der Waals surface area contributed by atoms with Crippen LogP contribution < -0.4 is 5.32 Å². The summed E-state index contributed by atoms with van der Waals surface area (Å²) >= 11 is 4.79. The molecule has 0 saturated carbocycles. The van der Waals surface area contributed by atoms with Gasteiger partial charge in [-0.15, -0.1) is 11.3 Å². The van der Waals surface area contributed by atoms with E-state index in [9.17, 15) is 9.00 Å². The lowest BCUT2D eigenvalue weighted by molar-refractivity contribution is 0.0948. The van der Waals surface area contributed by atoms with Gasteiger partial charge in [0.15, 0.2) is 0 Å². The molecule has 0 aliphatic carbocycles. The standard InChI is InChI=1S/C10H14BrNO2S2/c1-6-4-8(15-9(6)11)10(13)12-7(2)5-16(3)14/h4,7H,5H2,1-3H3,(H,12,13). The normalized spacial score (nSPS) is 14.5. The maximum absolute atomic E-state index is 11.8. The second-order valence-electron chi connectivity index (χ2n) is 3.68. The molecule has 0 fully saturated rings. The van der Waals surface area contributed by atoms with E-state index >= 15 is 0 Å². The number of carbonyl (C=O) groups excluding carboxylic acids is 1. The predicted molar refractivity (Wildman–Crippen MR) is 72.6 cm³/mol. The van der Waals surface area contributed by atoms with Crippen LogP contribution in [0.15, 0.2) is 9.85 Å². The summed E-state index contributed by atoms with van der Waals surface area (Å²) in [6.45, 7) is 3.80. The van der Waals surface area contributed by atoms with E-state index in [1.165, 1.54) is 11.3 Å². The largest absolute Gasteiger partial charge is 0.348 e. The molecule has 16 heavy (non-hydrogen) atoms. The van der Waals surface area contributed by atoms with E-state index in [0.29, 0.717) is 10.6 Å². The van der Waals surface area contributed by atoms with Gasteiger partial charge in [0.05, 0.1) is 8.66 Å². The summed E-state index contributed by atoms with van der Waals surface area (Å²) in [5, 5.41) is 2.83. The van der Waals surface area contributed by atoms with Gasteiger partial charge in [-0.3, -0.25) is 9.00 Å². The minimum atomic E-state index is -0.888. The van der Waals surface area contributed by atoms with E-state index in [2.05, 4.69) is 21.2 Å². The van der Waals surface area contributed by atoms with Crippen molar-refractivity contribution in [1.29, 1.82) is 0 Å². The van der Waals surface area contributed by atoms with Crippen molar-refractivity contribution in [2.24, 2.45) is 0 Å². The van der Waals surface area contributed by atoms with E-state index in [1.807, 2.05) is 19.9 Å². The summed E-state index contributed by atoms with van der Waals surface area (Å²) < 4.78 is 12.0. The van der Waals surface area contributed by atoms with E-state index in [-0.39, 0.29) is 11.9 Å². The first-order valence-corrected chi connectivity index (χ1v) is 8.10. The third-order valence-corrected chi connectivity index (χ3v) is 5.05. The van der Waals surface area contributed by atoms with Crippen molar-refractivity contribution < 1.29 is 9.00 Å². The Kier molecular flexibility index (Phi) is 5.14. The van der Waals surface area contributed by atoms with Gasteiger partial charge in [0, 0.05) is 28.9 Å². The maximum atomic E-state index is 11.8. The van der Waals surface area contributed by atoms with Crippen LogP contribution in [0, 0.1) is 6.92 Å². The third-order valence-electron chi connectivity index (χ3n) is 1.94. The molecule has 0 aromatic carbocycles. The van der Waals surface area contributed by atoms with Crippen LogP contribution in [0.3, 0.4) is 0 Å². The highest BCUT2D eigenvalue weighted by Gasteiger charge is 2.14. The molecule has 0 aliphatic rings. The maximum Gasteiger partial charge on any atom is 0.261 e. The van der Waals surface area contributed by atoms with Gasteiger partial charge in [-0.1, -0.05) is 0 Å². The van der Waals surface area contributed by atoms with Gasteiger partial charge >= 0.3 is 0 Å². The molecule has 0 spiro atoms. The molecule has 0 radical (unpaired) electrons. The average Bonchev–Trinajstić information content (AvgIpc) is 2.45. The number of thiophene rings is 1. The number of hydrogen-bond donors (Lipinski definition) is 1. The molecule has 2 unspecified atom stereocenters. The lowest BCUT2D eigenvalue weighted by Gasteiger charge is -2.10. The Hall–Kier alpha value is -0.200. The fraction of sp³-hybridized carbons (Fsp3) is 0.500. The van der Waals surface area contributed by atoms with Crippen molar-refractivity contribution in [3.8, 4) is 0 Å². The second kappa shape index (κ2) is 5.93. The Morgan fingerprint density at radius 3 is 2.75 bits per heavy atom. The Labute approximate surface area is 110 Å². The number of hydrogen-bond acceptors (Lipinski definition) is 3. The molecule has 6 heteroatoms. The minimum absolute atomic E-state index is 0.0699. The smallest absolute Gasteiger partial charge is 0.261 e. The van der Waals surface area contributed by atoms with E-state index < -0.39 is 10.8 Å². The lowest BCUT2D eigenvalue weighted by Crippen LogP contribution is -2.35. The minimum Gasteiger partial charge on any atom is -0.348 e. The first kappa shape index (κ1) is 13.9. The van der Waals surface area contributed by atoms with Crippen LogP contribution in [-0.4, -0.2) is 28.2 Å². The second-order valence-corrected chi connectivity index (χ2v) is 7.53. The van der Waals surface area contributed by atoms with E-state index in [4.69, 9.17) is 0 Å². The van der Waals surface area contributed by atoms with Crippen LogP contribution in [-0.2, 0) is 10.8 Å². The first-order chi connectivity index (χ1) is 7.40. The first-order valence-electron chi connectivity index (χ1n) is 4.77. The van der Waals surface area contributed by atoms with Gasteiger partial charge in [-0.2, -0.15) is 0 Å². The van der Waals surface area contributed by atoms with Crippen molar-refractivity contribution in [3.05, 3.63) is 20.3 Å². The predicted octanol–water partition coefficient (Wildman–Crippen LogP) is 2.32. The van der Waals surface area contributed by atoms with Crippen LogP contribution in [0.1, 0.15) is 22.2 Å². The van der Waals surface area contributed by atoms with E-state index in [0.717, 1.165) is 9.35 Å². The Morgan fingerprint density at radius 2 is 2.31 bits per heavy atom. The van der Waals surface area contributed by atoms with Crippen LogP contribution >= 0.6 is 27.3 Å². The number of aryl methyl sites for hydroxylation is 1. The van der Waals surface area contributed by atoms with Crippen LogP contribution in [0.5, 0.6) is 0 Å². The number of nitrogens with one attached hydrogen (secondary N) is 1. The highest BCUT2D eigenvalue weighted by atomic mass is 79.9. The summed E-state index contributed by atoms with van der Waals surface area (Å²) in [7, 11) is -0.888. The van der Waals surface area contributed by atoms with Crippen molar-refractivity contribution >= 4 is 44.0 Å². The Morgan fingerprint density at radius 1 is 1.69 bits per heavy atom. The fourth-order valence-electron chi connectivity index (χ4n) is 1.26. The molecule has 1 amide bonds. The number of amides is 1. The van der Waals surface area contributed by atoms with Gasteiger partial charge in [0.1, 0.15) is 0 Å². The van der Waals surface area contributed by atoms with Crippen LogP contribution in [0.2, 0.25) is 0 Å². The topological polar surface area (TPSA) is 46.2 Å². The van der Waals surface area contributed by atoms with Gasteiger partial charge in [-0.25, -0.2) is 0 Å². The molecule has 0 saturated heterocycles. The van der Waals surface area contributed by atoms with Gasteiger partial charge in [0.2, 0.25) is 0 Å². The Bertz CT molecular complexity index is 397. The lowest BCUT2D eigenvalue weighted by atomic mass is 10.3. The molecule has 2 atom stereocenters. The summed E-state index contributed by atoms with van der Waals surface area (Å²) in [5.41, 5.74) is 1.06. The molecule has 3 nitrogen and oxygen atoms in total. The highest BCUT2D eigenvalue weighted by Crippen LogP contribution is 2.27. The Balaban J connectivity index is 2.62. The van der Waals surface area contributed by atoms with Gasteiger partial charge < -0.3 is 5.32 Å². The molecule has 1 heterocycles. The zero-order valence-electron chi connectivity index (χ0n) is 9.37. The fourth-order valence-corrected chi connectivity index (χ4v) is 3.49. The molecule has 1 N–H and O–H groups in total. The number of halogens is 1. The number of carbonyl (C=O) groups is 1. The van der Waals surface area contributed by atoms with Crippen LogP contribution in [0.4, 0.5) is 0 Å². The molecule has 0 aliphatic heterocycles. The third kappa shape index (κ3) is 3.99. The van der Waals surface area contributed by atoms with Crippen LogP contribution in [0.25, 0.3) is 0 Å². The monoisotopic (exact) mass is 323 g/mol. The average molecular weight is 324 g/mol. The van der Waals surface area contributed by atoms with Gasteiger partial charge in [-0.05, 0) is 41.4 Å². The van der Waals surface area contributed by atoms with Crippen molar-refractivity contribution in [3.63, 3.8) is 0 Å². The molecule has 1 aromatic heterocycles. The van der Waals surface area contributed by atoms with Crippen molar-refractivity contribution in [2.45, 2.75) is 19.9 Å². The zero-order valence-corrected chi connectivity index (χ0v) is 12.6. The summed E-state index contributed by atoms with van der Waals surface area (Å²) in [5.74, 6) is 0.383. The summed E-state index contributed by atoms with van der Waals surface area (Å²) in [6, 6.07) is 1.78.